The molecule has 2 rings (SSSR count). The Morgan fingerprint density at radius 3 is 2.62 bits per heavy atom. The fraction of sp³-hybridized carbons (Fsp3) is 0.417. The predicted molar refractivity (Wildman–Crippen MR) is 59.3 cm³/mol. The van der Waals surface area contributed by atoms with Crippen molar-refractivity contribution in [1.82, 2.24) is 5.32 Å². The smallest absolute Gasteiger partial charge is 0.221 e. The summed E-state index contributed by atoms with van der Waals surface area (Å²) >= 11 is 0. The molecule has 1 aliphatic rings. The lowest BCUT2D eigenvalue weighted by molar-refractivity contribution is -0.122. The van der Waals surface area contributed by atoms with E-state index in [4.69, 9.17) is 5.73 Å². The van der Waals surface area contributed by atoms with Gasteiger partial charge in [0.25, 0.3) is 0 Å². The number of nitrogens with one attached hydrogen (secondary N) is 1. The third-order valence-electron chi connectivity index (χ3n) is 3.09. The lowest BCUT2D eigenvalue weighted by Crippen LogP contribution is -2.41. The minimum Gasteiger partial charge on any atom is -0.369 e. The minimum absolute atomic E-state index is 0.121. The van der Waals surface area contributed by atoms with E-state index in [9.17, 15) is 9.18 Å². The van der Waals surface area contributed by atoms with Crippen LogP contribution in [0.15, 0.2) is 24.3 Å². The van der Waals surface area contributed by atoms with Crippen LogP contribution in [0.5, 0.6) is 0 Å². The Labute approximate surface area is 93.8 Å². The number of primary amides is 1. The molecule has 1 aliphatic heterocycles. The molecule has 0 radical (unpaired) electrons. The highest BCUT2D eigenvalue weighted by Gasteiger charge is 2.26. The molecule has 1 aromatic carbocycles. The Morgan fingerprint density at radius 1 is 1.31 bits per heavy atom. The molecule has 4 heteroatoms. The maximum absolute atomic E-state index is 12.8. The van der Waals surface area contributed by atoms with Crippen molar-refractivity contribution < 1.29 is 9.18 Å². The lowest BCUT2D eigenvalue weighted by atomic mass is 9.85. The van der Waals surface area contributed by atoms with Crippen molar-refractivity contribution in [2.75, 3.05) is 13.1 Å². The van der Waals surface area contributed by atoms with Crippen molar-refractivity contribution in [3.63, 3.8) is 0 Å². The molecule has 2 atom stereocenters. The normalized spacial score (nSPS) is 25.3. The Morgan fingerprint density at radius 2 is 2.00 bits per heavy atom. The quantitative estimate of drug-likeness (QED) is 0.784. The molecule has 1 heterocycles. The molecule has 3 nitrogen and oxygen atoms in total. The molecule has 1 saturated heterocycles. The first-order chi connectivity index (χ1) is 7.66. The molecule has 3 N–H and O–H groups in total. The second kappa shape index (κ2) is 4.61. The highest BCUT2D eigenvalue weighted by molar-refractivity contribution is 5.77. The fourth-order valence-corrected chi connectivity index (χ4v) is 2.15. The van der Waals surface area contributed by atoms with Crippen LogP contribution in [0.25, 0.3) is 0 Å². The summed E-state index contributed by atoms with van der Waals surface area (Å²) in [5.41, 5.74) is 6.35. The number of carbonyl (C=O) groups is 1. The van der Waals surface area contributed by atoms with Crippen molar-refractivity contribution in [1.29, 1.82) is 0 Å². The third-order valence-corrected chi connectivity index (χ3v) is 3.09. The summed E-state index contributed by atoms with van der Waals surface area (Å²) in [6.45, 7) is 1.46. The number of amides is 1. The zero-order valence-electron chi connectivity index (χ0n) is 8.95. The molecule has 0 saturated carbocycles. The summed E-state index contributed by atoms with van der Waals surface area (Å²) in [6.07, 6.45) is 0.744. The first-order valence-electron chi connectivity index (χ1n) is 5.42. The van der Waals surface area contributed by atoms with E-state index in [0.717, 1.165) is 18.5 Å². The number of hydrogen-bond donors (Lipinski definition) is 2. The molecule has 0 unspecified atom stereocenters. The van der Waals surface area contributed by atoms with Crippen molar-refractivity contribution in [3.05, 3.63) is 35.6 Å². The van der Waals surface area contributed by atoms with E-state index in [1.165, 1.54) is 12.1 Å². The SMILES string of the molecule is NC(=O)[C@H]1CNC[C@@H](c2ccc(F)cc2)C1. The van der Waals surface area contributed by atoms with Gasteiger partial charge in [0.05, 0.1) is 5.92 Å². The van der Waals surface area contributed by atoms with E-state index in [0.29, 0.717) is 6.54 Å². The molecule has 1 fully saturated rings. The highest BCUT2D eigenvalue weighted by Crippen LogP contribution is 2.26. The van der Waals surface area contributed by atoms with Gasteiger partial charge in [-0.3, -0.25) is 4.79 Å². The van der Waals surface area contributed by atoms with Crippen molar-refractivity contribution in [3.8, 4) is 0 Å². The van der Waals surface area contributed by atoms with Gasteiger partial charge in [-0.2, -0.15) is 0 Å². The maximum atomic E-state index is 12.8. The van der Waals surface area contributed by atoms with Crippen molar-refractivity contribution in [2.45, 2.75) is 12.3 Å². The number of rotatable bonds is 2. The molecule has 1 aromatic rings. The van der Waals surface area contributed by atoms with Crippen LogP contribution in [-0.2, 0) is 4.79 Å². The van der Waals surface area contributed by atoms with Gasteiger partial charge in [-0.1, -0.05) is 12.1 Å². The van der Waals surface area contributed by atoms with Gasteiger partial charge in [-0.15, -0.1) is 0 Å². The summed E-state index contributed by atoms with van der Waals surface area (Å²) in [5, 5.41) is 3.18. The molecular weight excluding hydrogens is 207 g/mol. The minimum atomic E-state index is -0.265. The number of halogens is 1. The van der Waals surface area contributed by atoms with Gasteiger partial charge in [-0.25, -0.2) is 4.39 Å². The van der Waals surface area contributed by atoms with Crippen molar-refractivity contribution in [2.24, 2.45) is 11.7 Å². The van der Waals surface area contributed by atoms with Crippen LogP contribution in [0.3, 0.4) is 0 Å². The van der Waals surface area contributed by atoms with Crippen LogP contribution in [0.2, 0.25) is 0 Å². The van der Waals surface area contributed by atoms with Gasteiger partial charge in [0.1, 0.15) is 5.82 Å². The summed E-state index contributed by atoms with van der Waals surface area (Å²) in [5.74, 6) is -0.381. The summed E-state index contributed by atoms with van der Waals surface area (Å²) in [7, 11) is 0. The fourth-order valence-electron chi connectivity index (χ4n) is 2.15. The molecule has 0 aromatic heterocycles. The maximum Gasteiger partial charge on any atom is 0.221 e. The number of piperidine rings is 1. The van der Waals surface area contributed by atoms with Gasteiger partial charge in [0, 0.05) is 13.1 Å². The van der Waals surface area contributed by atoms with Crippen LogP contribution >= 0.6 is 0 Å². The second-order valence-electron chi connectivity index (χ2n) is 4.24. The molecule has 16 heavy (non-hydrogen) atoms. The summed E-state index contributed by atoms with van der Waals surface area (Å²) in [6, 6.07) is 6.43. The largest absolute Gasteiger partial charge is 0.369 e. The lowest BCUT2D eigenvalue weighted by Gasteiger charge is -2.28. The van der Waals surface area contributed by atoms with E-state index in [1.807, 2.05) is 0 Å². The van der Waals surface area contributed by atoms with Crippen molar-refractivity contribution >= 4 is 5.91 Å². The number of hydrogen-bond acceptors (Lipinski definition) is 2. The van der Waals surface area contributed by atoms with E-state index in [1.54, 1.807) is 12.1 Å². The number of benzene rings is 1. The molecule has 0 aliphatic carbocycles. The molecule has 1 amide bonds. The number of nitrogens with two attached hydrogens (primary N) is 1. The Bertz CT molecular complexity index is 377. The molecular formula is C12H15FN2O. The first kappa shape index (κ1) is 11.1. The zero-order chi connectivity index (χ0) is 11.5. The standard InChI is InChI=1S/C12H15FN2O/c13-11-3-1-8(2-4-11)9-5-10(12(14)16)7-15-6-9/h1-4,9-10,15H,5-7H2,(H2,14,16)/t9-,10+/m0/s1. The molecule has 0 spiro atoms. The average molecular weight is 222 g/mol. The van der Waals surface area contributed by atoms with E-state index >= 15 is 0 Å². The van der Waals surface area contributed by atoms with Gasteiger partial charge in [-0.05, 0) is 30.0 Å². The van der Waals surface area contributed by atoms with Gasteiger partial charge < -0.3 is 11.1 Å². The molecule has 0 bridgehead atoms. The molecule has 86 valence electrons. The van der Waals surface area contributed by atoms with Crippen LogP contribution < -0.4 is 11.1 Å². The zero-order valence-corrected chi connectivity index (χ0v) is 8.95. The highest BCUT2D eigenvalue weighted by atomic mass is 19.1. The number of carbonyl (C=O) groups excluding carboxylic acids is 1. The van der Waals surface area contributed by atoms with Gasteiger partial charge in [0.2, 0.25) is 5.91 Å². The summed E-state index contributed by atoms with van der Waals surface area (Å²) in [4.78, 5) is 11.1. The van der Waals surface area contributed by atoms with E-state index in [-0.39, 0.29) is 23.6 Å². The van der Waals surface area contributed by atoms with E-state index in [2.05, 4.69) is 5.32 Å². The first-order valence-corrected chi connectivity index (χ1v) is 5.42. The van der Waals surface area contributed by atoms with Crippen LogP contribution in [0, 0.1) is 11.7 Å². The monoisotopic (exact) mass is 222 g/mol. The van der Waals surface area contributed by atoms with Crippen LogP contribution in [0.1, 0.15) is 17.9 Å². The third kappa shape index (κ3) is 2.39. The Kier molecular flexibility index (Phi) is 3.19. The van der Waals surface area contributed by atoms with Crippen LogP contribution in [0.4, 0.5) is 4.39 Å². The predicted octanol–water partition coefficient (Wildman–Crippen LogP) is 1.00. The summed E-state index contributed by atoms with van der Waals surface area (Å²) < 4.78 is 12.8. The second-order valence-corrected chi connectivity index (χ2v) is 4.24. The van der Waals surface area contributed by atoms with Gasteiger partial charge >= 0.3 is 0 Å². The van der Waals surface area contributed by atoms with Gasteiger partial charge in [0.15, 0.2) is 0 Å². The van der Waals surface area contributed by atoms with E-state index < -0.39 is 0 Å². The Balaban J connectivity index is 2.09. The average Bonchev–Trinajstić information content (AvgIpc) is 2.30. The van der Waals surface area contributed by atoms with Crippen LogP contribution in [-0.4, -0.2) is 19.0 Å². The topological polar surface area (TPSA) is 55.1 Å². The Hall–Kier alpha value is -1.42.